The number of nitrogens with zero attached hydrogens (tertiary/aromatic N) is 3. The number of fused-ring (bicyclic) bond motifs is 1. The summed E-state index contributed by atoms with van der Waals surface area (Å²) in [6.07, 6.45) is 2.36. The van der Waals surface area contributed by atoms with Crippen molar-refractivity contribution in [1.29, 1.82) is 0 Å². The van der Waals surface area contributed by atoms with E-state index in [-0.39, 0.29) is 28.5 Å². The Morgan fingerprint density at radius 3 is 2.59 bits per heavy atom. The Hall–Kier alpha value is -3.33. The molecule has 0 aliphatic heterocycles. The monoisotopic (exact) mass is 581 g/mol. The minimum absolute atomic E-state index is 0.139. The van der Waals surface area contributed by atoms with Crippen molar-refractivity contribution in [3.05, 3.63) is 94.8 Å². The fourth-order valence-corrected chi connectivity index (χ4v) is 5.48. The van der Waals surface area contributed by atoms with Crippen molar-refractivity contribution in [2.75, 3.05) is 11.1 Å². The standard InChI is InChI=1S/C29H29Cl2N5O2S/c1-4-14-36-27(25(15-18(2)3)33-28(38)22-13-12-20(30)16-23(22)31)34-35-29(36)39-17-26(37)32-24-11-7-9-19-8-5-6-10-21(19)24/h4-13,16,18,25H,1,14-15,17H2,2-3H3,(H,32,37)(H,33,38)/t25-/m1/s1. The number of allylic oxidation sites excluding steroid dienone is 1. The van der Waals surface area contributed by atoms with Crippen LogP contribution in [-0.4, -0.2) is 32.3 Å². The molecule has 0 aliphatic rings. The van der Waals surface area contributed by atoms with Gasteiger partial charge in [0.15, 0.2) is 11.0 Å². The second-order valence-corrected chi connectivity index (χ2v) is 11.2. The second kappa shape index (κ2) is 13.2. The van der Waals surface area contributed by atoms with Crippen molar-refractivity contribution in [2.45, 2.75) is 38.0 Å². The first kappa shape index (κ1) is 28.7. The van der Waals surface area contributed by atoms with Gasteiger partial charge in [-0.05, 0) is 42.0 Å². The predicted octanol–water partition coefficient (Wildman–Crippen LogP) is 7.17. The molecule has 2 N–H and O–H groups in total. The molecule has 1 aromatic heterocycles. The fraction of sp³-hybridized carbons (Fsp3) is 0.241. The molecule has 4 rings (SSSR count). The number of hydrogen-bond acceptors (Lipinski definition) is 5. The average molecular weight is 583 g/mol. The highest BCUT2D eigenvalue weighted by Gasteiger charge is 2.25. The molecular formula is C29H29Cl2N5O2S. The summed E-state index contributed by atoms with van der Waals surface area (Å²) in [6, 6.07) is 18.0. The van der Waals surface area contributed by atoms with Crippen LogP contribution >= 0.6 is 35.0 Å². The lowest BCUT2D eigenvalue weighted by Crippen LogP contribution is -2.32. The molecule has 0 unspecified atom stereocenters. The number of amides is 2. The Morgan fingerprint density at radius 1 is 1.08 bits per heavy atom. The van der Waals surface area contributed by atoms with Crippen LogP contribution in [0.1, 0.15) is 42.5 Å². The largest absolute Gasteiger partial charge is 0.342 e. The van der Waals surface area contributed by atoms with E-state index in [1.165, 1.54) is 17.8 Å². The minimum Gasteiger partial charge on any atom is -0.342 e. The van der Waals surface area contributed by atoms with Gasteiger partial charge in [-0.15, -0.1) is 16.8 Å². The average Bonchev–Trinajstić information content (AvgIpc) is 3.29. The number of hydrogen-bond donors (Lipinski definition) is 2. The zero-order valence-electron chi connectivity index (χ0n) is 21.7. The zero-order chi connectivity index (χ0) is 27.9. The first-order valence-corrected chi connectivity index (χ1v) is 14.2. The molecule has 2 amide bonds. The van der Waals surface area contributed by atoms with Gasteiger partial charge in [0.1, 0.15) is 0 Å². The van der Waals surface area contributed by atoms with Crippen LogP contribution in [0.4, 0.5) is 5.69 Å². The summed E-state index contributed by atoms with van der Waals surface area (Å²) in [7, 11) is 0. The Labute approximate surface area is 242 Å². The molecule has 39 heavy (non-hydrogen) atoms. The summed E-state index contributed by atoms with van der Waals surface area (Å²) >= 11 is 13.5. The SMILES string of the molecule is C=CCn1c(SCC(=O)Nc2cccc3ccccc23)nnc1[C@@H](CC(C)C)NC(=O)c1ccc(Cl)cc1Cl. The molecule has 0 fully saturated rings. The molecule has 0 saturated heterocycles. The van der Waals surface area contributed by atoms with Gasteiger partial charge in [0, 0.05) is 22.6 Å². The van der Waals surface area contributed by atoms with Crippen LogP contribution in [0.15, 0.2) is 78.5 Å². The number of rotatable bonds is 11. The van der Waals surface area contributed by atoms with Gasteiger partial charge < -0.3 is 15.2 Å². The van der Waals surface area contributed by atoms with Gasteiger partial charge in [-0.2, -0.15) is 0 Å². The van der Waals surface area contributed by atoms with Crippen LogP contribution < -0.4 is 10.6 Å². The van der Waals surface area contributed by atoms with Crippen LogP contribution in [-0.2, 0) is 11.3 Å². The maximum Gasteiger partial charge on any atom is 0.253 e. The van der Waals surface area contributed by atoms with Gasteiger partial charge in [0.25, 0.3) is 5.91 Å². The molecule has 0 spiro atoms. The number of benzene rings is 3. The van der Waals surface area contributed by atoms with E-state index < -0.39 is 6.04 Å². The van der Waals surface area contributed by atoms with Crippen molar-refractivity contribution in [3.63, 3.8) is 0 Å². The molecule has 1 heterocycles. The van der Waals surface area contributed by atoms with E-state index in [0.717, 1.165) is 16.5 Å². The molecule has 1 atom stereocenters. The van der Waals surface area contributed by atoms with Crippen LogP contribution in [0.5, 0.6) is 0 Å². The molecule has 4 aromatic rings. The molecule has 202 valence electrons. The van der Waals surface area contributed by atoms with E-state index >= 15 is 0 Å². The molecule has 0 bridgehead atoms. The van der Waals surface area contributed by atoms with Crippen LogP contribution in [0.2, 0.25) is 10.0 Å². The number of halogens is 2. The Bertz CT molecular complexity index is 1500. The highest BCUT2D eigenvalue weighted by atomic mass is 35.5. The number of aromatic nitrogens is 3. The van der Waals surface area contributed by atoms with E-state index in [4.69, 9.17) is 23.2 Å². The van der Waals surface area contributed by atoms with Gasteiger partial charge in [-0.1, -0.05) is 91.3 Å². The van der Waals surface area contributed by atoms with Gasteiger partial charge in [0.05, 0.1) is 22.4 Å². The maximum absolute atomic E-state index is 13.1. The third kappa shape index (κ3) is 7.20. The quantitative estimate of drug-likeness (QED) is 0.145. The lowest BCUT2D eigenvalue weighted by molar-refractivity contribution is -0.113. The van der Waals surface area contributed by atoms with Gasteiger partial charge in [-0.3, -0.25) is 9.59 Å². The number of nitrogens with one attached hydrogen (secondary N) is 2. The van der Waals surface area contributed by atoms with Crippen molar-refractivity contribution in [3.8, 4) is 0 Å². The number of carbonyl (C=O) groups is 2. The zero-order valence-corrected chi connectivity index (χ0v) is 24.0. The summed E-state index contributed by atoms with van der Waals surface area (Å²) in [5.41, 5.74) is 1.08. The molecule has 10 heteroatoms. The molecule has 7 nitrogen and oxygen atoms in total. The third-order valence-electron chi connectivity index (χ3n) is 5.95. The third-order valence-corrected chi connectivity index (χ3v) is 7.47. The van der Waals surface area contributed by atoms with Gasteiger partial charge in [0.2, 0.25) is 5.91 Å². The lowest BCUT2D eigenvalue weighted by atomic mass is 10.0. The van der Waals surface area contributed by atoms with E-state index in [1.54, 1.807) is 18.2 Å². The van der Waals surface area contributed by atoms with E-state index in [1.807, 2.05) is 47.0 Å². The normalized spacial score (nSPS) is 11.9. The molecule has 0 aliphatic carbocycles. The summed E-state index contributed by atoms with van der Waals surface area (Å²) in [6.45, 7) is 8.41. The number of thioether (sulfide) groups is 1. The van der Waals surface area contributed by atoms with Gasteiger partial charge in [-0.25, -0.2) is 0 Å². The first-order chi connectivity index (χ1) is 18.8. The Balaban J connectivity index is 1.52. The topological polar surface area (TPSA) is 88.9 Å². The van der Waals surface area contributed by atoms with Crippen LogP contribution in [0.3, 0.4) is 0 Å². The predicted molar refractivity (Wildman–Crippen MR) is 160 cm³/mol. The summed E-state index contributed by atoms with van der Waals surface area (Å²) in [4.78, 5) is 26.0. The first-order valence-electron chi connectivity index (χ1n) is 12.5. The molecule has 3 aromatic carbocycles. The number of anilines is 1. The van der Waals surface area contributed by atoms with Gasteiger partial charge >= 0.3 is 0 Å². The van der Waals surface area contributed by atoms with E-state index in [2.05, 4.69) is 41.3 Å². The van der Waals surface area contributed by atoms with E-state index in [9.17, 15) is 9.59 Å². The minimum atomic E-state index is -0.435. The summed E-state index contributed by atoms with van der Waals surface area (Å²) < 4.78 is 1.87. The summed E-state index contributed by atoms with van der Waals surface area (Å²) in [5.74, 6) is 0.487. The molecule has 0 saturated carbocycles. The lowest BCUT2D eigenvalue weighted by Gasteiger charge is -2.21. The number of carbonyl (C=O) groups excluding carboxylic acids is 2. The van der Waals surface area contributed by atoms with Crippen molar-refractivity contribution >= 4 is 63.2 Å². The van der Waals surface area contributed by atoms with Crippen molar-refractivity contribution in [2.24, 2.45) is 5.92 Å². The molecular weight excluding hydrogens is 553 g/mol. The summed E-state index contributed by atoms with van der Waals surface area (Å²) in [5, 5.41) is 18.1. The molecule has 0 radical (unpaired) electrons. The van der Waals surface area contributed by atoms with Crippen LogP contribution in [0.25, 0.3) is 10.8 Å². The van der Waals surface area contributed by atoms with Crippen molar-refractivity contribution in [1.82, 2.24) is 20.1 Å². The van der Waals surface area contributed by atoms with Crippen molar-refractivity contribution < 1.29 is 9.59 Å². The highest BCUT2D eigenvalue weighted by Crippen LogP contribution is 2.28. The Morgan fingerprint density at radius 2 is 1.85 bits per heavy atom. The fourth-order valence-electron chi connectivity index (χ4n) is 4.23. The maximum atomic E-state index is 13.1. The Kier molecular flexibility index (Phi) is 9.67. The second-order valence-electron chi connectivity index (χ2n) is 9.38. The smallest absolute Gasteiger partial charge is 0.253 e. The van der Waals surface area contributed by atoms with E-state index in [0.29, 0.717) is 34.5 Å². The van der Waals surface area contributed by atoms with Crippen LogP contribution in [0, 0.1) is 5.92 Å². The highest BCUT2D eigenvalue weighted by molar-refractivity contribution is 7.99.